The van der Waals surface area contributed by atoms with E-state index >= 15 is 0 Å². The molecule has 4 nitrogen and oxygen atoms in total. The molecule has 0 fully saturated rings. The standard InChI is InChI=1S/C21H21NO3/c1-21(2)17-11-7-8-12-18(17)22(3)19(21)13-16(23)14-25-20(24)15-9-5-4-6-10-15/h4-13H,14H2,1-3H3/b19-13+. The molecular formula is C21H21NO3. The summed E-state index contributed by atoms with van der Waals surface area (Å²) in [6, 6.07) is 16.8. The number of ether oxygens (including phenoxy) is 1. The van der Waals surface area contributed by atoms with Crippen LogP contribution in [0.5, 0.6) is 0 Å². The Bertz CT molecular complexity index is 837. The second-order valence-corrected chi connectivity index (χ2v) is 6.64. The predicted octanol–water partition coefficient (Wildman–Crippen LogP) is 3.72. The van der Waals surface area contributed by atoms with Gasteiger partial charge in [0.1, 0.15) is 0 Å². The molecule has 0 saturated heterocycles. The molecule has 4 heteroatoms. The van der Waals surface area contributed by atoms with Gasteiger partial charge in [-0.1, -0.05) is 50.2 Å². The largest absolute Gasteiger partial charge is 0.454 e. The van der Waals surface area contributed by atoms with Gasteiger partial charge in [-0.2, -0.15) is 0 Å². The van der Waals surface area contributed by atoms with Gasteiger partial charge in [0.15, 0.2) is 12.4 Å². The maximum atomic E-state index is 12.3. The second kappa shape index (κ2) is 6.55. The lowest BCUT2D eigenvalue weighted by atomic mass is 9.83. The van der Waals surface area contributed by atoms with Crippen LogP contribution in [0.3, 0.4) is 0 Å². The van der Waals surface area contributed by atoms with Gasteiger partial charge >= 0.3 is 5.97 Å². The SMILES string of the molecule is CN1/C(=C/C(=O)COC(=O)c2ccccc2)C(C)(C)c2ccccc21. The molecule has 0 unspecified atom stereocenters. The van der Waals surface area contributed by atoms with Crippen molar-refractivity contribution in [3.8, 4) is 0 Å². The van der Waals surface area contributed by atoms with Crippen molar-refractivity contribution in [2.75, 3.05) is 18.6 Å². The molecule has 0 amide bonds. The van der Waals surface area contributed by atoms with Gasteiger partial charge in [0, 0.05) is 29.9 Å². The molecule has 2 aromatic rings. The first-order valence-corrected chi connectivity index (χ1v) is 8.21. The number of nitrogens with zero attached hydrogens (tertiary/aromatic N) is 1. The van der Waals surface area contributed by atoms with Crippen molar-refractivity contribution in [2.24, 2.45) is 0 Å². The zero-order valence-electron chi connectivity index (χ0n) is 14.7. The molecule has 0 bridgehead atoms. The molecule has 3 rings (SSSR count). The third-order valence-electron chi connectivity index (χ3n) is 4.59. The molecule has 2 aromatic carbocycles. The fraction of sp³-hybridized carbons (Fsp3) is 0.238. The van der Waals surface area contributed by atoms with Crippen LogP contribution in [-0.2, 0) is 14.9 Å². The first-order valence-electron chi connectivity index (χ1n) is 8.21. The fourth-order valence-electron chi connectivity index (χ4n) is 3.25. The summed E-state index contributed by atoms with van der Waals surface area (Å²) in [4.78, 5) is 26.3. The van der Waals surface area contributed by atoms with Crippen LogP contribution >= 0.6 is 0 Å². The van der Waals surface area contributed by atoms with Gasteiger partial charge in [-0.05, 0) is 23.8 Å². The van der Waals surface area contributed by atoms with Gasteiger partial charge in [0.05, 0.1) is 5.56 Å². The fourth-order valence-corrected chi connectivity index (χ4v) is 3.25. The number of hydrogen-bond donors (Lipinski definition) is 0. The van der Waals surface area contributed by atoms with Gasteiger partial charge in [-0.3, -0.25) is 4.79 Å². The van der Waals surface area contributed by atoms with Crippen LogP contribution in [0.25, 0.3) is 0 Å². The molecule has 0 aromatic heterocycles. The van der Waals surface area contributed by atoms with Gasteiger partial charge < -0.3 is 9.64 Å². The highest BCUT2D eigenvalue weighted by Gasteiger charge is 2.38. The van der Waals surface area contributed by atoms with Gasteiger partial charge in [-0.15, -0.1) is 0 Å². The van der Waals surface area contributed by atoms with E-state index in [0.717, 1.165) is 11.4 Å². The average Bonchev–Trinajstić information content (AvgIpc) is 2.82. The lowest BCUT2D eigenvalue weighted by Crippen LogP contribution is -2.25. The normalized spacial score (nSPS) is 16.6. The molecule has 1 heterocycles. The summed E-state index contributed by atoms with van der Waals surface area (Å²) >= 11 is 0. The summed E-state index contributed by atoms with van der Waals surface area (Å²) in [5.41, 5.74) is 3.33. The van der Waals surface area contributed by atoms with E-state index in [-0.39, 0.29) is 17.8 Å². The molecule has 1 aliphatic rings. The smallest absolute Gasteiger partial charge is 0.338 e. The Morgan fingerprint density at radius 2 is 1.68 bits per heavy atom. The number of likely N-dealkylation sites (N-methyl/N-ethyl adjacent to an activating group) is 1. The van der Waals surface area contributed by atoms with Crippen molar-refractivity contribution < 1.29 is 14.3 Å². The van der Waals surface area contributed by atoms with Crippen LogP contribution < -0.4 is 4.90 Å². The Hall–Kier alpha value is -2.88. The molecule has 25 heavy (non-hydrogen) atoms. The van der Waals surface area contributed by atoms with Crippen molar-refractivity contribution in [1.29, 1.82) is 0 Å². The Kier molecular flexibility index (Phi) is 4.45. The molecule has 0 saturated carbocycles. The Balaban J connectivity index is 1.73. The maximum absolute atomic E-state index is 12.3. The number of benzene rings is 2. The predicted molar refractivity (Wildman–Crippen MR) is 97.7 cm³/mol. The number of para-hydroxylation sites is 1. The number of fused-ring (bicyclic) bond motifs is 1. The minimum absolute atomic E-state index is 0.230. The quantitative estimate of drug-likeness (QED) is 0.631. The molecule has 0 aliphatic carbocycles. The maximum Gasteiger partial charge on any atom is 0.338 e. The van der Waals surface area contributed by atoms with E-state index in [1.165, 1.54) is 5.56 Å². The van der Waals surface area contributed by atoms with Crippen LogP contribution in [0, 0.1) is 0 Å². The number of allylic oxidation sites excluding steroid dienone is 1. The topological polar surface area (TPSA) is 46.6 Å². The van der Waals surface area contributed by atoms with Crippen molar-refractivity contribution in [3.05, 3.63) is 77.5 Å². The second-order valence-electron chi connectivity index (χ2n) is 6.64. The molecule has 1 aliphatic heterocycles. The number of esters is 1. The molecule has 0 atom stereocenters. The highest BCUT2D eigenvalue weighted by molar-refractivity contribution is 5.96. The highest BCUT2D eigenvalue weighted by Crippen LogP contribution is 2.46. The first-order chi connectivity index (χ1) is 11.9. The molecule has 128 valence electrons. The van der Waals surface area contributed by atoms with Crippen LogP contribution in [0.4, 0.5) is 5.69 Å². The van der Waals surface area contributed by atoms with E-state index in [1.807, 2.05) is 36.2 Å². The number of ketones is 1. The van der Waals surface area contributed by atoms with Crippen LogP contribution in [0.1, 0.15) is 29.8 Å². The van der Waals surface area contributed by atoms with E-state index in [0.29, 0.717) is 5.56 Å². The van der Waals surface area contributed by atoms with E-state index in [2.05, 4.69) is 19.9 Å². The number of carbonyl (C=O) groups is 2. The molecule has 0 spiro atoms. The number of anilines is 1. The van der Waals surface area contributed by atoms with Crippen molar-refractivity contribution in [1.82, 2.24) is 0 Å². The number of carbonyl (C=O) groups excluding carboxylic acids is 2. The number of hydrogen-bond acceptors (Lipinski definition) is 4. The summed E-state index contributed by atoms with van der Waals surface area (Å²) in [6.45, 7) is 3.91. The molecule has 0 N–H and O–H groups in total. The zero-order valence-corrected chi connectivity index (χ0v) is 14.7. The lowest BCUT2D eigenvalue weighted by molar-refractivity contribution is -0.117. The van der Waals surface area contributed by atoms with E-state index in [1.54, 1.807) is 30.3 Å². The lowest BCUT2D eigenvalue weighted by Gasteiger charge is -2.23. The van der Waals surface area contributed by atoms with E-state index < -0.39 is 5.97 Å². The summed E-state index contributed by atoms with van der Waals surface area (Å²) in [6.07, 6.45) is 1.58. The van der Waals surface area contributed by atoms with Crippen LogP contribution in [0.2, 0.25) is 0 Å². The van der Waals surface area contributed by atoms with Crippen molar-refractivity contribution in [3.63, 3.8) is 0 Å². The zero-order chi connectivity index (χ0) is 18.0. The molecular weight excluding hydrogens is 314 g/mol. The van der Waals surface area contributed by atoms with Gasteiger partial charge in [0.2, 0.25) is 0 Å². The Labute approximate surface area is 147 Å². The van der Waals surface area contributed by atoms with Crippen LogP contribution in [-0.4, -0.2) is 25.4 Å². The van der Waals surface area contributed by atoms with Gasteiger partial charge in [-0.25, -0.2) is 4.79 Å². The Morgan fingerprint density at radius 3 is 2.36 bits per heavy atom. The van der Waals surface area contributed by atoms with Gasteiger partial charge in [0.25, 0.3) is 0 Å². The highest BCUT2D eigenvalue weighted by atomic mass is 16.5. The van der Waals surface area contributed by atoms with Crippen LogP contribution in [0.15, 0.2) is 66.4 Å². The van der Waals surface area contributed by atoms with E-state index in [9.17, 15) is 9.59 Å². The third-order valence-corrected chi connectivity index (χ3v) is 4.59. The Morgan fingerprint density at radius 1 is 1.04 bits per heavy atom. The monoisotopic (exact) mass is 335 g/mol. The minimum atomic E-state index is -0.491. The van der Waals surface area contributed by atoms with Crippen molar-refractivity contribution in [2.45, 2.75) is 19.3 Å². The minimum Gasteiger partial charge on any atom is -0.454 e. The summed E-state index contributed by atoms with van der Waals surface area (Å²) in [5, 5.41) is 0. The average molecular weight is 335 g/mol. The van der Waals surface area contributed by atoms with Crippen molar-refractivity contribution >= 4 is 17.4 Å². The van der Waals surface area contributed by atoms with E-state index in [4.69, 9.17) is 4.74 Å². The first kappa shape index (κ1) is 17.0. The number of rotatable bonds is 4. The third kappa shape index (κ3) is 3.20. The summed E-state index contributed by atoms with van der Waals surface area (Å²) in [5.74, 6) is -0.721. The molecule has 0 radical (unpaired) electrons. The summed E-state index contributed by atoms with van der Waals surface area (Å²) < 4.78 is 5.13. The summed E-state index contributed by atoms with van der Waals surface area (Å²) in [7, 11) is 1.95.